The summed E-state index contributed by atoms with van der Waals surface area (Å²) >= 11 is 0. The monoisotopic (exact) mass is 463 g/mol. The molecule has 0 aromatic carbocycles. The molecule has 0 N–H and O–H groups in total. The molecule has 0 saturated heterocycles. The van der Waals surface area contributed by atoms with E-state index in [-0.39, 0.29) is 63.5 Å². The maximum atomic E-state index is 10.8. The standard InChI is InChI=1S/C28H55O2.K.H/c1-4-5-6-7-8-9-10-11-12-13-14-15-16-17-18-19-20-21-22-23-24-25-26-27(2)30-28(3)29;;/h27H,2,4-26H2,1,3H3;;. The Kier molecular flexibility index (Phi) is 32.2. The van der Waals surface area contributed by atoms with E-state index in [9.17, 15) is 4.79 Å². The molecule has 0 heterocycles. The van der Waals surface area contributed by atoms with Crippen LogP contribution in [0.3, 0.4) is 0 Å². The molecular weight excluding hydrogens is 407 g/mol. The molecule has 0 bridgehead atoms. The van der Waals surface area contributed by atoms with Crippen LogP contribution < -0.4 is 0 Å². The molecule has 0 aliphatic rings. The molecule has 0 spiro atoms. The molecular formula is C28H56KO2. The summed E-state index contributed by atoms with van der Waals surface area (Å²) in [5.74, 6) is -0.214. The molecule has 0 aromatic rings. The number of hydrogen-bond donors (Lipinski definition) is 0. The van der Waals surface area contributed by atoms with Crippen LogP contribution in [-0.4, -0.2) is 63.5 Å². The van der Waals surface area contributed by atoms with Gasteiger partial charge in [-0.3, -0.25) is 4.79 Å². The first-order chi connectivity index (χ1) is 14.7. The zero-order valence-electron chi connectivity index (χ0n) is 20.9. The predicted molar refractivity (Wildman–Crippen MR) is 140 cm³/mol. The van der Waals surface area contributed by atoms with E-state index in [0.717, 1.165) is 12.8 Å². The van der Waals surface area contributed by atoms with Gasteiger partial charge < -0.3 is 4.74 Å². The molecule has 1 atom stereocenters. The van der Waals surface area contributed by atoms with Crippen LogP contribution in [0.25, 0.3) is 0 Å². The van der Waals surface area contributed by atoms with Crippen molar-refractivity contribution in [3.05, 3.63) is 6.92 Å². The SMILES string of the molecule is [CH2]C(CCCCCCCCCCCCCCCCCCCCCCCC)OC(C)=O.[KH]. The van der Waals surface area contributed by atoms with Crippen LogP contribution in [0.15, 0.2) is 0 Å². The Bertz CT molecular complexity index is 346. The van der Waals surface area contributed by atoms with Gasteiger partial charge in [0.05, 0.1) is 0 Å². The third-order valence-corrected chi connectivity index (χ3v) is 6.21. The van der Waals surface area contributed by atoms with Crippen LogP contribution in [-0.2, 0) is 9.53 Å². The Hall–Kier alpha value is 1.11. The minimum atomic E-state index is -0.214. The van der Waals surface area contributed by atoms with E-state index in [1.54, 1.807) is 0 Å². The van der Waals surface area contributed by atoms with Crippen LogP contribution in [0.4, 0.5) is 0 Å². The van der Waals surface area contributed by atoms with Crippen molar-refractivity contribution in [3.63, 3.8) is 0 Å². The number of ether oxygens (including phenoxy) is 1. The number of carbonyl (C=O) groups excluding carboxylic acids is 1. The van der Waals surface area contributed by atoms with Gasteiger partial charge >= 0.3 is 57.4 Å². The number of carbonyl (C=O) groups is 1. The number of esters is 1. The molecule has 1 unspecified atom stereocenters. The van der Waals surface area contributed by atoms with E-state index >= 15 is 0 Å². The van der Waals surface area contributed by atoms with Crippen molar-refractivity contribution < 1.29 is 9.53 Å². The predicted octanol–water partition coefficient (Wildman–Crippen LogP) is 9.10. The third kappa shape index (κ3) is 31.1. The first-order valence-corrected chi connectivity index (χ1v) is 13.7. The Morgan fingerprint density at radius 2 is 0.839 bits per heavy atom. The second-order valence-electron chi connectivity index (χ2n) is 9.44. The Balaban J connectivity index is 0. The summed E-state index contributed by atoms with van der Waals surface area (Å²) in [7, 11) is 0. The number of rotatable bonds is 24. The molecule has 2 nitrogen and oxygen atoms in total. The molecule has 0 aromatic heterocycles. The molecule has 1 radical (unpaired) electrons. The van der Waals surface area contributed by atoms with Gasteiger partial charge in [-0.1, -0.05) is 142 Å². The quantitative estimate of drug-likeness (QED) is 0.0810. The van der Waals surface area contributed by atoms with E-state index < -0.39 is 0 Å². The second-order valence-corrected chi connectivity index (χ2v) is 9.44. The fourth-order valence-corrected chi connectivity index (χ4v) is 4.27. The Morgan fingerprint density at radius 1 is 0.581 bits per heavy atom. The van der Waals surface area contributed by atoms with Gasteiger partial charge in [0, 0.05) is 6.92 Å². The molecule has 31 heavy (non-hydrogen) atoms. The second kappa shape index (κ2) is 29.1. The fraction of sp³-hybridized carbons (Fsp3) is 0.929. The van der Waals surface area contributed by atoms with Crippen LogP contribution in [0.5, 0.6) is 0 Å². The molecule has 0 saturated carbocycles. The van der Waals surface area contributed by atoms with Gasteiger partial charge in [0.1, 0.15) is 6.10 Å². The van der Waals surface area contributed by atoms with Gasteiger partial charge in [0.15, 0.2) is 0 Å². The summed E-state index contributed by atoms with van der Waals surface area (Å²) in [6.45, 7) is 7.61. The van der Waals surface area contributed by atoms with E-state index in [1.165, 1.54) is 142 Å². The van der Waals surface area contributed by atoms with Crippen molar-refractivity contribution >= 4 is 57.4 Å². The van der Waals surface area contributed by atoms with Gasteiger partial charge in [-0.05, 0) is 19.8 Å². The summed E-state index contributed by atoms with van der Waals surface area (Å²) in [6.07, 6.45) is 31.7. The average molecular weight is 464 g/mol. The van der Waals surface area contributed by atoms with Crippen molar-refractivity contribution in [2.45, 2.75) is 168 Å². The van der Waals surface area contributed by atoms with Crippen molar-refractivity contribution in [3.8, 4) is 0 Å². The molecule has 0 amide bonds. The van der Waals surface area contributed by atoms with Crippen molar-refractivity contribution in [1.29, 1.82) is 0 Å². The van der Waals surface area contributed by atoms with Crippen LogP contribution in [0.1, 0.15) is 162 Å². The van der Waals surface area contributed by atoms with Gasteiger partial charge in [-0.2, -0.15) is 0 Å². The molecule has 181 valence electrons. The van der Waals surface area contributed by atoms with E-state index in [4.69, 9.17) is 4.74 Å². The summed E-state index contributed by atoms with van der Waals surface area (Å²) in [4.78, 5) is 10.8. The summed E-state index contributed by atoms with van der Waals surface area (Å²) in [6, 6.07) is 0. The molecule has 3 heteroatoms. The third-order valence-electron chi connectivity index (χ3n) is 6.21. The Morgan fingerprint density at radius 3 is 1.10 bits per heavy atom. The first kappa shape index (κ1) is 34.3. The first-order valence-electron chi connectivity index (χ1n) is 13.7. The number of unbranched alkanes of at least 4 members (excludes halogenated alkanes) is 21. The van der Waals surface area contributed by atoms with Gasteiger partial charge in [-0.25, -0.2) is 0 Å². The minimum absolute atomic E-state index is 0. The topological polar surface area (TPSA) is 26.3 Å². The summed E-state index contributed by atoms with van der Waals surface area (Å²) in [5.41, 5.74) is 0. The van der Waals surface area contributed by atoms with Gasteiger partial charge in [0.25, 0.3) is 0 Å². The van der Waals surface area contributed by atoms with Crippen LogP contribution in [0.2, 0.25) is 0 Å². The normalized spacial score (nSPS) is 11.8. The fourth-order valence-electron chi connectivity index (χ4n) is 4.27. The maximum absolute atomic E-state index is 10.8. The van der Waals surface area contributed by atoms with Gasteiger partial charge in [-0.15, -0.1) is 0 Å². The molecule has 0 aliphatic heterocycles. The van der Waals surface area contributed by atoms with E-state index in [0.29, 0.717) is 0 Å². The Labute approximate surface area is 239 Å². The van der Waals surface area contributed by atoms with Crippen LogP contribution in [0, 0.1) is 6.92 Å². The summed E-state index contributed by atoms with van der Waals surface area (Å²) in [5, 5.41) is 0. The summed E-state index contributed by atoms with van der Waals surface area (Å²) < 4.78 is 5.05. The average Bonchev–Trinajstić information content (AvgIpc) is 2.71. The van der Waals surface area contributed by atoms with Crippen molar-refractivity contribution in [1.82, 2.24) is 0 Å². The molecule has 0 aliphatic carbocycles. The molecule has 0 fully saturated rings. The number of hydrogen-bond acceptors (Lipinski definition) is 2. The van der Waals surface area contributed by atoms with Gasteiger partial charge in [0.2, 0.25) is 0 Å². The van der Waals surface area contributed by atoms with Crippen molar-refractivity contribution in [2.75, 3.05) is 0 Å². The zero-order valence-corrected chi connectivity index (χ0v) is 20.9. The van der Waals surface area contributed by atoms with E-state index in [2.05, 4.69) is 13.8 Å². The van der Waals surface area contributed by atoms with E-state index in [1.807, 2.05) is 0 Å². The molecule has 0 rings (SSSR count). The van der Waals surface area contributed by atoms with Crippen molar-refractivity contribution in [2.24, 2.45) is 0 Å². The zero-order chi connectivity index (χ0) is 22.1. The van der Waals surface area contributed by atoms with Crippen LogP contribution >= 0.6 is 0 Å².